The van der Waals surface area contributed by atoms with Gasteiger partial charge in [-0.3, -0.25) is 0 Å². The first-order valence-corrected chi connectivity index (χ1v) is 25.0. The van der Waals surface area contributed by atoms with Crippen LogP contribution in [0.25, 0.3) is 22.2 Å². The number of aromatic nitrogens is 3. The van der Waals surface area contributed by atoms with Gasteiger partial charge in [-0.05, 0) is 18.2 Å². The topological polar surface area (TPSA) is 118 Å². The molecule has 2 saturated heterocycles. The van der Waals surface area contributed by atoms with Crippen LogP contribution in [0.5, 0.6) is 5.75 Å². The fourth-order valence-corrected chi connectivity index (χ4v) is 21.8. The molecule has 2 N–H and O–H groups in total. The summed E-state index contributed by atoms with van der Waals surface area (Å²) in [6.45, 7) is 1.68. The third-order valence-electron chi connectivity index (χ3n) is 8.35. The van der Waals surface area contributed by atoms with E-state index >= 15 is 0 Å². The molecule has 5 aromatic rings. The third-order valence-corrected chi connectivity index (χ3v) is 24.0. The molecule has 1 atom stereocenters. The first-order valence-electron chi connectivity index (χ1n) is 15.8. The molecule has 2 fully saturated rings. The van der Waals surface area contributed by atoms with E-state index in [1.54, 1.807) is 55.8 Å². The molecule has 254 valence electrons. The van der Waals surface area contributed by atoms with Gasteiger partial charge in [-0.25, -0.2) is 12.4 Å². The number of benzene rings is 3. The maximum atomic E-state index is 13.7. The van der Waals surface area contributed by atoms with Crippen molar-refractivity contribution in [1.29, 1.82) is 0 Å². The van der Waals surface area contributed by atoms with E-state index in [0.717, 1.165) is 25.1 Å². The SMILES string of the molecule is COc1ccc([As]2SCCS2)cc1NC(=O)CN1CCC[C@@H](Nc2ncc(Cl)c(-c3cn(S(=O)(=O)c4ccccc4)c4ccccc34)n2)C1. The Morgan fingerprint density at radius 3 is 2.65 bits per heavy atom. The van der Waals surface area contributed by atoms with Gasteiger partial charge in [0.15, 0.2) is 0 Å². The molecular weight excluding hydrogens is 763 g/mol. The van der Waals surface area contributed by atoms with Gasteiger partial charge in [-0.2, -0.15) is 0 Å². The van der Waals surface area contributed by atoms with Gasteiger partial charge in [0.2, 0.25) is 0 Å². The second-order valence-corrected chi connectivity index (χ2v) is 25.6. The summed E-state index contributed by atoms with van der Waals surface area (Å²) in [6, 6.07) is 21.8. The first kappa shape index (κ1) is 34.3. The summed E-state index contributed by atoms with van der Waals surface area (Å²) in [6.07, 6.45) is 4.89. The van der Waals surface area contributed by atoms with Gasteiger partial charge >= 0.3 is 170 Å². The van der Waals surface area contributed by atoms with E-state index in [4.69, 9.17) is 21.3 Å². The average Bonchev–Trinajstić information content (AvgIpc) is 3.79. The van der Waals surface area contributed by atoms with Crippen molar-refractivity contribution >= 4 is 86.8 Å². The van der Waals surface area contributed by atoms with Crippen LogP contribution in [0.1, 0.15) is 12.8 Å². The molecular formula is C34H34AsClN6O4S3. The third kappa shape index (κ3) is 7.48. The molecule has 0 unspecified atom stereocenters. The van der Waals surface area contributed by atoms with E-state index in [-0.39, 0.29) is 23.4 Å². The number of fused-ring (bicyclic) bond motifs is 1. The van der Waals surface area contributed by atoms with Gasteiger partial charge in [-0.15, -0.1) is 0 Å². The van der Waals surface area contributed by atoms with Crippen LogP contribution in [-0.2, 0) is 14.8 Å². The Morgan fingerprint density at radius 2 is 1.86 bits per heavy atom. The first-order chi connectivity index (χ1) is 23.8. The normalized spacial score (nSPS) is 17.3. The summed E-state index contributed by atoms with van der Waals surface area (Å²) < 4.78 is 35.5. The number of carbonyl (C=O) groups is 1. The molecule has 49 heavy (non-hydrogen) atoms. The number of piperidine rings is 1. The number of hydrogen-bond donors (Lipinski definition) is 2. The Morgan fingerprint density at radius 1 is 1.08 bits per heavy atom. The number of amides is 1. The van der Waals surface area contributed by atoms with Crippen LogP contribution in [0.15, 0.2) is 90.1 Å². The Labute approximate surface area is 301 Å². The number of rotatable bonds is 10. The van der Waals surface area contributed by atoms with Crippen LogP contribution in [-0.4, -0.2) is 89.8 Å². The van der Waals surface area contributed by atoms with Crippen molar-refractivity contribution in [3.8, 4) is 17.0 Å². The van der Waals surface area contributed by atoms with Crippen molar-refractivity contribution in [2.75, 3.05) is 48.9 Å². The molecule has 15 heteroatoms. The van der Waals surface area contributed by atoms with Gasteiger partial charge in [-0.1, -0.05) is 48.0 Å². The van der Waals surface area contributed by atoms with E-state index in [2.05, 4.69) is 52.7 Å². The molecule has 10 nitrogen and oxygen atoms in total. The number of methoxy groups -OCH3 is 1. The van der Waals surface area contributed by atoms with E-state index in [9.17, 15) is 13.2 Å². The van der Waals surface area contributed by atoms with Gasteiger partial charge in [0.1, 0.15) is 0 Å². The molecule has 0 radical (unpaired) electrons. The van der Waals surface area contributed by atoms with Crippen molar-refractivity contribution in [1.82, 2.24) is 18.8 Å². The molecule has 0 saturated carbocycles. The fraction of sp³-hybridized carbons (Fsp3) is 0.265. The van der Waals surface area contributed by atoms with Crippen LogP contribution in [0.3, 0.4) is 0 Å². The minimum absolute atomic E-state index is 0.00374. The molecule has 1 amide bonds. The molecule has 3 aromatic carbocycles. The number of carbonyl (C=O) groups excluding carboxylic acids is 1. The summed E-state index contributed by atoms with van der Waals surface area (Å²) in [4.78, 5) is 24.8. The number of ether oxygens (including phenoxy) is 1. The minimum atomic E-state index is -3.88. The van der Waals surface area contributed by atoms with E-state index < -0.39 is 22.4 Å². The second-order valence-electron chi connectivity index (χ2n) is 11.6. The second kappa shape index (κ2) is 15.0. The number of halogens is 1. The number of anilines is 2. The van der Waals surface area contributed by atoms with Crippen LogP contribution in [0.4, 0.5) is 11.6 Å². The Kier molecular flexibility index (Phi) is 10.5. The molecule has 0 spiro atoms. The van der Waals surface area contributed by atoms with E-state index in [0.29, 0.717) is 45.4 Å². The molecule has 7 rings (SSSR count). The summed E-state index contributed by atoms with van der Waals surface area (Å²) in [5, 5.41) is 7.55. The van der Waals surface area contributed by atoms with Crippen molar-refractivity contribution in [3.63, 3.8) is 0 Å². The molecule has 0 aliphatic carbocycles. The fourth-order valence-electron chi connectivity index (χ4n) is 6.10. The summed E-state index contributed by atoms with van der Waals surface area (Å²) in [7, 11) is 1.88. The predicted octanol–water partition coefficient (Wildman–Crippen LogP) is 5.69. The number of nitrogens with one attached hydrogen (secondary N) is 2. The molecule has 4 heterocycles. The predicted molar refractivity (Wildman–Crippen MR) is 202 cm³/mol. The van der Waals surface area contributed by atoms with Crippen molar-refractivity contribution in [3.05, 3.63) is 90.2 Å². The zero-order chi connectivity index (χ0) is 34.0. The van der Waals surface area contributed by atoms with Gasteiger partial charge in [0.25, 0.3) is 10.0 Å². The van der Waals surface area contributed by atoms with Crippen molar-refractivity contribution in [2.45, 2.75) is 23.8 Å². The molecule has 2 aliphatic rings. The number of nitrogens with zero attached hydrogens (tertiary/aromatic N) is 4. The molecule has 2 aromatic heterocycles. The monoisotopic (exact) mass is 796 g/mol. The Hall–Kier alpha value is -3.19. The van der Waals surface area contributed by atoms with Crippen LogP contribution >= 0.6 is 31.6 Å². The van der Waals surface area contributed by atoms with Gasteiger partial charge in [0, 0.05) is 17.1 Å². The summed E-state index contributed by atoms with van der Waals surface area (Å²) in [5.74, 6) is 3.34. The summed E-state index contributed by atoms with van der Waals surface area (Å²) >= 11 is 5.46. The Bertz CT molecular complexity index is 2100. The van der Waals surface area contributed by atoms with E-state index in [1.165, 1.54) is 26.0 Å². The molecule has 0 bridgehead atoms. The quantitative estimate of drug-likeness (QED) is 0.171. The zero-order valence-electron chi connectivity index (χ0n) is 26.6. The number of para-hydroxylation sites is 1. The zero-order valence-corrected chi connectivity index (χ0v) is 31.7. The maximum absolute atomic E-state index is 13.7. The standard InChI is InChI=1S/C34H34AsClN6O4S3/c1-46-31-14-13-23(35-47-16-17-48-35)18-29(31)39-32(43)22-41-15-7-8-24(20-41)38-34-37-19-28(36)33(40-34)27-21-42(30-12-6-5-11-26(27)30)49(44,45)25-9-3-2-4-10-25/h2-6,9-14,18-19,21,24H,7-8,15-17,20,22H2,1H3,(H,39,43)(H,37,38,40)/t24-/m1/s1. The van der Waals surface area contributed by atoms with Gasteiger partial charge < -0.3 is 0 Å². The van der Waals surface area contributed by atoms with Crippen LogP contribution < -0.4 is 19.7 Å². The van der Waals surface area contributed by atoms with E-state index in [1.807, 2.05) is 18.2 Å². The Balaban J connectivity index is 1.07. The summed E-state index contributed by atoms with van der Waals surface area (Å²) in [5.41, 5.74) is 2.26. The number of hydrogen-bond acceptors (Lipinski definition) is 10. The molecule has 2 aliphatic heterocycles. The van der Waals surface area contributed by atoms with Crippen molar-refractivity contribution < 1.29 is 17.9 Å². The number of likely N-dealkylation sites (tertiary alicyclic amines) is 1. The average molecular weight is 797 g/mol. The van der Waals surface area contributed by atoms with Crippen molar-refractivity contribution in [2.24, 2.45) is 0 Å². The van der Waals surface area contributed by atoms with Crippen LogP contribution in [0.2, 0.25) is 5.02 Å². The van der Waals surface area contributed by atoms with Crippen LogP contribution in [0, 0.1) is 0 Å². The van der Waals surface area contributed by atoms with Gasteiger partial charge in [0.05, 0.1) is 27.3 Å².